The van der Waals surface area contributed by atoms with Crippen molar-refractivity contribution < 1.29 is 13.9 Å². The van der Waals surface area contributed by atoms with Crippen LogP contribution in [0.3, 0.4) is 0 Å². The Morgan fingerprint density at radius 1 is 1.45 bits per heavy atom. The number of aromatic nitrogens is 2. The molecule has 0 aliphatic heterocycles. The summed E-state index contributed by atoms with van der Waals surface area (Å²) in [5.41, 5.74) is 0.201. The lowest BCUT2D eigenvalue weighted by Gasteiger charge is -2.09. The van der Waals surface area contributed by atoms with Crippen LogP contribution in [-0.4, -0.2) is 23.0 Å². The van der Waals surface area contributed by atoms with Crippen LogP contribution >= 0.6 is 11.6 Å². The molecule has 0 bridgehead atoms. The molecule has 104 valence electrons. The predicted molar refractivity (Wildman–Crippen MR) is 74.0 cm³/mol. The van der Waals surface area contributed by atoms with E-state index in [-0.39, 0.29) is 17.3 Å². The molecule has 1 aromatic heterocycles. The number of rotatable bonds is 5. The predicted octanol–water partition coefficient (Wildman–Crippen LogP) is 3.08. The molecule has 0 unspecified atom stereocenters. The summed E-state index contributed by atoms with van der Waals surface area (Å²) in [6.07, 6.45) is 8.19. The van der Waals surface area contributed by atoms with Crippen molar-refractivity contribution in [2.75, 3.05) is 13.2 Å². The molecule has 1 heterocycles. The van der Waals surface area contributed by atoms with Gasteiger partial charge in [-0.15, -0.1) is 6.42 Å². The first-order valence-corrected chi connectivity index (χ1v) is 6.26. The molecule has 0 aliphatic rings. The van der Waals surface area contributed by atoms with Gasteiger partial charge in [-0.2, -0.15) is 5.10 Å². The fraction of sp³-hybridized carbons (Fsp3) is 0.214. The lowest BCUT2D eigenvalue weighted by atomic mass is 10.3. The van der Waals surface area contributed by atoms with E-state index < -0.39 is 5.82 Å². The molecule has 0 atom stereocenters. The molecule has 6 heteroatoms. The smallest absolute Gasteiger partial charge is 0.157 e. The van der Waals surface area contributed by atoms with Crippen molar-refractivity contribution in [3.05, 3.63) is 35.4 Å². The van der Waals surface area contributed by atoms with Gasteiger partial charge in [0.2, 0.25) is 0 Å². The monoisotopic (exact) mass is 294 g/mol. The second kappa shape index (κ2) is 6.31. The van der Waals surface area contributed by atoms with Gasteiger partial charge in [0.05, 0.1) is 24.0 Å². The van der Waals surface area contributed by atoms with Gasteiger partial charge in [0.15, 0.2) is 11.6 Å². The van der Waals surface area contributed by atoms with E-state index in [1.165, 1.54) is 16.9 Å². The minimum Gasteiger partial charge on any atom is -0.491 e. The summed E-state index contributed by atoms with van der Waals surface area (Å²) in [5.74, 6) is 2.65. The summed E-state index contributed by atoms with van der Waals surface area (Å²) in [5, 5.41) is 4.18. The molecular formula is C14H12ClFN2O2. The second-order valence-electron chi connectivity index (χ2n) is 3.78. The van der Waals surface area contributed by atoms with Gasteiger partial charge in [-0.25, -0.2) is 9.07 Å². The third-order valence-electron chi connectivity index (χ3n) is 2.43. The lowest BCUT2D eigenvalue weighted by molar-refractivity contribution is 0.340. The molecule has 0 radical (unpaired) electrons. The highest BCUT2D eigenvalue weighted by molar-refractivity contribution is 6.32. The Hall–Kier alpha value is -2.19. The summed E-state index contributed by atoms with van der Waals surface area (Å²) in [6.45, 7) is 2.41. The molecule has 0 saturated heterocycles. The number of ether oxygens (including phenoxy) is 2. The zero-order valence-corrected chi connectivity index (χ0v) is 11.5. The SMILES string of the molecule is C#CCOc1cc(-n2cc(OCC)cn2)c(F)cc1Cl. The van der Waals surface area contributed by atoms with Crippen LogP contribution in [-0.2, 0) is 0 Å². The van der Waals surface area contributed by atoms with Crippen molar-refractivity contribution in [1.29, 1.82) is 0 Å². The standard InChI is InChI=1S/C14H12ClFN2O2/c1-3-5-20-14-7-13(12(16)6-11(14)15)18-9-10(8-17-18)19-4-2/h1,6-9H,4-5H2,2H3. The van der Waals surface area contributed by atoms with Crippen LogP contribution in [0.5, 0.6) is 11.5 Å². The van der Waals surface area contributed by atoms with Crippen LogP contribution in [0.1, 0.15) is 6.92 Å². The number of halogens is 2. The van der Waals surface area contributed by atoms with Crippen molar-refractivity contribution >= 4 is 11.6 Å². The van der Waals surface area contributed by atoms with Crippen LogP contribution in [0.4, 0.5) is 4.39 Å². The molecule has 2 rings (SSSR count). The van der Waals surface area contributed by atoms with Crippen LogP contribution in [0.25, 0.3) is 5.69 Å². The quantitative estimate of drug-likeness (QED) is 0.795. The van der Waals surface area contributed by atoms with E-state index in [9.17, 15) is 4.39 Å². The third kappa shape index (κ3) is 3.03. The number of terminal acetylenes is 1. The van der Waals surface area contributed by atoms with Gasteiger partial charge in [-0.1, -0.05) is 17.5 Å². The number of nitrogens with zero attached hydrogens (tertiary/aromatic N) is 2. The van der Waals surface area contributed by atoms with Crippen LogP contribution < -0.4 is 9.47 Å². The van der Waals surface area contributed by atoms with Crippen LogP contribution in [0.2, 0.25) is 5.02 Å². The molecule has 2 aromatic rings. The van der Waals surface area contributed by atoms with Crippen molar-refractivity contribution in [2.45, 2.75) is 6.92 Å². The molecule has 0 spiro atoms. The van der Waals surface area contributed by atoms with Gasteiger partial charge >= 0.3 is 0 Å². The number of hydrogen-bond donors (Lipinski definition) is 0. The molecular weight excluding hydrogens is 283 g/mol. The van der Waals surface area contributed by atoms with Crippen molar-refractivity contribution in [3.63, 3.8) is 0 Å². The molecule has 0 amide bonds. The second-order valence-corrected chi connectivity index (χ2v) is 4.19. The van der Waals surface area contributed by atoms with E-state index in [1.807, 2.05) is 6.92 Å². The van der Waals surface area contributed by atoms with Crippen molar-refractivity contribution in [3.8, 4) is 29.5 Å². The van der Waals surface area contributed by atoms with Gasteiger partial charge in [-0.05, 0) is 13.0 Å². The van der Waals surface area contributed by atoms with Gasteiger partial charge < -0.3 is 9.47 Å². The van der Waals surface area contributed by atoms with E-state index in [4.69, 9.17) is 27.5 Å². The highest BCUT2D eigenvalue weighted by Crippen LogP contribution is 2.30. The molecule has 0 saturated carbocycles. The summed E-state index contributed by atoms with van der Waals surface area (Å²) in [6, 6.07) is 2.60. The van der Waals surface area contributed by atoms with E-state index >= 15 is 0 Å². The minimum absolute atomic E-state index is 0.0497. The summed E-state index contributed by atoms with van der Waals surface area (Å²) < 4.78 is 25.8. The Labute approximate surface area is 121 Å². The number of hydrogen-bond acceptors (Lipinski definition) is 3. The summed E-state index contributed by atoms with van der Waals surface area (Å²) in [7, 11) is 0. The molecule has 0 aliphatic carbocycles. The van der Waals surface area contributed by atoms with Gasteiger partial charge in [-0.3, -0.25) is 0 Å². The van der Waals surface area contributed by atoms with Gasteiger partial charge in [0, 0.05) is 6.07 Å². The lowest BCUT2D eigenvalue weighted by Crippen LogP contribution is -2.01. The Morgan fingerprint density at radius 3 is 2.95 bits per heavy atom. The van der Waals surface area contributed by atoms with Gasteiger partial charge in [0.1, 0.15) is 18.0 Å². The fourth-order valence-corrected chi connectivity index (χ4v) is 1.81. The highest BCUT2D eigenvalue weighted by Gasteiger charge is 2.12. The molecule has 20 heavy (non-hydrogen) atoms. The largest absolute Gasteiger partial charge is 0.491 e. The van der Waals surface area contributed by atoms with E-state index in [0.717, 1.165) is 6.07 Å². The summed E-state index contributed by atoms with van der Waals surface area (Å²) in [4.78, 5) is 0. The number of benzene rings is 1. The topological polar surface area (TPSA) is 36.3 Å². The Balaban J connectivity index is 2.36. The summed E-state index contributed by atoms with van der Waals surface area (Å²) >= 11 is 5.89. The fourth-order valence-electron chi connectivity index (χ4n) is 1.60. The van der Waals surface area contributed by atoms with Crippen LogP contribution in [0.15, 0.2) is 24.5 Å². The molecule has 0 N–H and O–H groups in total. The van der Waals surface area contributed by atoms with Gasteiger partial charge in [0.25, 0.3) is 0 Å². The van der Waals surface area contributed by atoms with Crippen molar-refractivity contribution in [1.82, 2.24) is 9.78 Å². The van der Waals surface area contributed by atoms with E-state index in [2.05, 4.69) is 11.0 Å². The van der Waals surface area contributed by atoms with E-state index in [0.29, 0.717) is 18.1 Å². The molecule has 1 aromatic carbocycles. The average molecular weight is 295 g/mol. The molecule has 0 fully saturated rings. The zero-order chi connectivity index (χ0) is 14.5. The third-order valence-corrected chi connectivity index (χ3v) is 2.72. The Bertz CT molecular complexity index is 649. The molecule has 4 nitrogen and oxygen atoms in total. The normalized spacial score (nSPS) is 10.1. The maximum atomic E-state index is 14.0. The van der Waals surface area contributed by atoms with Crippen molar-refractivity contribution in [2.24, 2.45) is 0 Å². The van der Waals surface area contributed by atoms with Crippen LogP contribution in [0, 0.1) is 18.2 Å². The highest BCUT2D eigenvalue weighted by atomic mass is 35.5. The Kier molecular flexibility index (Phi) is 4.49. The average Bonchev–Trinajstić information content (AvgIpc) is 2.87. The Morgan fingerprint density at radius 2 is 2.25 bits per heavy atom. The minimum atomic E-state index is -0.519. The zero-order valence-electron chi connectivity index (χ0n) is 10.8. The van der Waals surface area contributed by atoms with E-state index in [1.54, 1.807) is 6.20 Å². The first-order valence-electron chi connectivity index (χ1n) is 5.88. The maximum absolute atomic E-state index is 14.0. The first kappa shape index (κ1) is 14.2. The first-order chi connectivity index (χ1) is 9.65. The maximum Gasteiger partial charge on any atom is 0.157 e.